The molecule has 2 aromatic rings. The van der Waals surface area contributed by atoms with Crippen LogP contribution in [0.25, 0.3) is 0 Å². The number of benzene rings is 1. The summed E-state index contributed by atoms with van der Waals surface area (Å²) < 4.78 is 55.9. The quantitative estimate of drug-likeness (QED) is 0.535. The van der Waals surface area contributed by atoms with E-state index in [1.165, 1.54) is 35.1 Å². The number of hydrogen-bond acceptors (Lipinski definition) is 5. The zero-order valence-electron chi connectivity index (χ0n) is 16.6. The molecule has 1 aliphatic rings. The van der Waals surface area contributed by atoms with E-state index < -0.39 is 42.6 Å². The van der Waals surface area contributed by atoms with E-state index in [1.807, 2.05) is 0 Å². The Bertz CT molecular complexity index is 1030. The van der Waals surface area contributed by atoms with Crippen LogP contribution in [-0.2, 0) is 4.74 Å². The topological polar surface area (TPSA) is 102 Å². The minimum absolute atomic E-state index is 0.0156. The highest BCUT2D eigenvalue weighted by atomic mass is 19.4. The third-order valence-corrected chi connectivity index (χ3v) is 4.86. The number of likely N-dealkylation sites (tertiary alicyclic amines) is 1. The number of nitrogens with one attached hydrogen (secondary N) is 1. The highest BCUT2D eigenvalue weighted by Gasteiger charge is 2.36. The van der Waals surface area contributed by atoms with Crippen molar-refractivity contribution in [1.82, 2.24) is 14.7 Å². The number of terminal acetylenes is 1. The molecule has 12 heteroatoms. The predicted octanol–water partition coefficient (Wildman–Crippen LogP) is 3.06. The second-order valence-corrected chi connectivity index (χ2v) is 7.11. The van der Waals surface area contributed by atoms with Gasteiger partial charge in [0, 0.05) is 30.9 Å². The zero-order chi connectivity index (χ0) is 23.5. The van der Waals surface area contributed by atoms with Crippen LogP contribution in [0.5, 0.6) is 0 Å². The molecule has 1 saturated heterocycles. The average Bonchev–Trinajstić information content (AvgIpc) is 3.16. The van der Waals surface area contributed by atoms with Crippen LogP contribution in [0, 0.1) is 24.1 Å². The average molecular weight is 453 g/mol. The maximum atomic E-state index is 13.1. The first-order valence-corrected chi connectivity index (χ1v) is 9.43. The van der Waals surface area contributed by atoms with E-state index in [0.717, 1.165) is 4.90 Å². The number of alkyl halides is 3. The molecule has 1 aliphatic heterocycles. The Hall–Kier alpha value is -3.75. The van der Waals surface area contributed by atoms with Crippen molar-refractivity contribution in [2.75, 3.05) is 25.0 Å². The minimum Gasteiger partial charge on any atom is -0.440 e. The zero-order valence-corrected chi connectivity index (χ0v) is 16.6. The lowest BCUT2D eigenvalue weighted by Crippen LogP contribution is -2.45. The molecule has 2 atom stereocenters. The molecule has 1 aromatic heterocycles. The molecular weight excluding hydrogens is 434 g/mol. The molecule has 0 radical (unpaired) electrons. The van der Waals surface area contributed by atoms with Crippen LogP contribution in [0.1, 0.15) is 22.8 Å². The van der Waals surface area contributed by atoms with E-state index in [1.54, 1.807) is 0 Å². The number of carbonyl (C=O) groups is 2. The number of nitrogens with zero attached hydrogens (tertiary/aromatic N) is 3. The summed E-state index contributed by atoms with van der Waals surface area (Å²) in [6.45, 7) is -1.68. The van der Waals surface area contributed by atoms with Crippen LogP contribution in [-0.4, -0.2) is 52.6 Å². The van der Waals surface area contributed by atoms with Crippen LogP contribution >= 0.6 is 0 Å². The molecule has 0 aliphatic carbocycles. The van der Waals surface area contributed by atoms with Gasteiger partial charge < -0.3 is 20.7 Å². The number of rotatable bonds is 5. The van der Waals surface area contributed by atoms with Gasteiger partial charge in [-0.2, -0.15) is 18.3 Å². The largest absolute Gasteiger partial charge is 0.440 e. The Balaban J connectivity index is 1.83. The molecule has 1 aromatic carbocycles. The van der Waals surface area contributed by atoms with Gasteiger partial charge in [0.05, 0.1) is 6.04 Å². The molecule has 3 rings (SSSR count). The van der Waals surface area contributed by atoms with Gasteiger partial charge in [-0.1, -0.05) is 0 Å². The molecule has 0 saturated carbocycles. The number of amides is 2. The van der Waals surface area contributed by atoms with Gasteiger partial charge in [0.25, 0.3) is 5.91 Å². The van der Waals surface area contributed by atoms with Crippen molar-refractivity contribution in [3.63, 3.8) is 0 Å². The van der Waals surface area contributed by atoms with Gasteiger partial charge in [0.15, 0.2) is 12.4 Å². The Labute approximate surface area is 180 Å². The minimum atomic E-state index is -4.65. The van der Waals surface area contributed by atoms with Crippen LogP contribution in [0.2, 0.25) is 0 Å². The summed E-state index contributed by atoms with van der Waals surface area (Å²) in [6.07, 6.45) is 1.44. The number of nitrogens with two attached hydrogens (primary N) is 1. The van der Waals surface area contributed by atoms with E-state index in [2.05, 4.69) is 21.1 Å². The summed E-state index contributed by atoms with van der Waals surface area (Å²) in [6, 6.07) is 4.64. The molecule has 2 amide bonds. The standard InChI is InChI=1S/C20H19F4N5O3/c1-2-12-7-8-28(19(31)32-11-20(22,23)24)10-16(12)29-9-15(17(25)30)18(27-29)26-14-5-3-13(21)4-6-14/h1,3-6,9,12,16H,7-8,10-11H2,(H2,25,30)(H,26,27)/t12-,16-/m1/s1. The number of piperidine rings is 1. The first-order valence-electron chi connectivity index (χ1n) is 9.43. The normalized spacial score (nSPS) is 18.7. The maximum Gasteiger partial charge on any atom is 0.422 e. The molecule has 8 nitrogen and oxygen atoms in total. The third-order valence-electron chi connectivity index (χ3n) is 4.86. The van der Waals surface area contributed by atoms with Crippen LogP contribution < -0.4 is 11.1 Å². The van der Waals surface area contributed by atoms with E-state index in [4.69, 9.17) is 12.2 Å². The lowest BCUT2D eigenvalue weighted by molar-refractivity contribution is -0.162. The van der Waals surface area contributed by atoms with Crippen LogP contribution in [0.15, 0.2) is 30.5 Å². The molecule has 0 unspecified atom stereocenters. The second-order valence-electron chi connectivity index (χ2n) is 7.11. The maximum absolute atomic E-state index is 13.1. The molecular formula is C20H19F4N5O3. The van der Waals surface area contributed by atoms with Crippen molar-refractivity contribution in [2.24, 2.45) is 11.7 Å². The Morgan fingerprint density at radius 2 is 2.00 bits per heavy atom. The van der Waals surface area contributed by atoms with Gasteiger partial charge in [-0.3, -0.25) is 9.48 Å². The van der Waals surface area contributed by atoms with Gasteiger partial charge in [0.2, 0.25) is 0 Å². The smallest absolute Gasteiger partial charge is 0.422 e. The molecule has 170 valence electrons. The second kappa shape index (κ2) is 9.17. The number of aromatic nitrogens is 2. The van der Waals surface area contributed by atoms with Gasteiger partial charge in [-0.05, 0) is 30.7 Å². The molecule has 3 N–H and O–H groups in total. The highest BCUT2D eigenvalue weighted by Crippen LogP contribution is 2.30. The van der Waals surface area contributed by atoms with E-state index in [-0.39, 0.29) is 30.9 Å². The summed E-state index contributed by atoms with van der Waals surface area (Å²) in [7, 11) is 0. The molecule has 0 bridgehead atoms. The number of carbonyl (C=O) groups excluding carboxylic acids is 2. The van der Waals surface area contributed by atoms with Gasteiger partial charge in [-0.25, -0.2) is 9.18 Å². The number of halogens is 4. The number of anilines is 2. The highest BCUT2D eigenvalue weighted by molar-refractivity contribution is 5.98. The first-order chi connectivity index (χ1) is 15.1. The summed E-state index contributed by atoms with van der Waals surface area (Å²) in [5.74, 6) is 1.00. The first kappa shape index (κ1) is 22.9. The van der Waals surface area contributed by atoms with Crippen LogP contribution in [0.3, 0.4) is 0 Å². The van der Waals surface area contributed by atoms with Crippen molar-refractivity contribution in [1.29, 1.82) is 0 Å². The predicted molar refractivity (Wildman–Crippen MR) is 105 cm³/mol. The van der Waals surface area contributed by atoms with Crippen LogP contribution in [0.4, 0.5) is 33.9 Å². The lowest BCUT2D eigenvalue weighted by atomic mass is 9.92. The fourth-order valence-electron chi connectivity index (χ4n) is 3.30. The van der Waals surface area contributed by atoms with E-state index in [0.29, 0.717) is 5.69 Å². The fraction of sp³-hybridized carbons (Fsp3) is 0.350. The summed E-state index contributed by atoms with van der Waals surface area (Å²) in [4.78, 5) is 25.1. The Kier molecular flexibility index (Phi) is 6.57. The summed E-state index contributed by atoms with van der Waals surface area (Å²) in [5, 5.41) is 7.17. The van der Waals surface area contributed by atoms with Crippen molar-refractivity contribution in [3.8, 4) is 12.3 Å². The molecule has 1 fully saturated rings. The van der Waals surface area contributed by atoms with E-state index in [9.17, 15) is 27.2 Å². The van der Waals surface area contributed by atoms with Gasteiger partial charge in [0.1, 0.15) is 11.4 Å². The number of hydrogen-bond donors (Lipinski definition) is 2. The van der Waals surface area contributed by atoms with Crippen molar-refractivity contribution < 1.29 is 31.9 Å². The van der Waals surface area contributed by atoms with E-state index >= 15 is 0 Å². The van der Waals surface area contributed by atoms with Crippen molar-refractivity contribution in [2.45, 2.75) is 18.6 Å². The fourth-order valence-corrected chi connectivity index (χ4v) is 3.30. The van der Waals surface area contributed by atoms with Gasteiger partial charge >= 0.3 is 12.3 Å². The number of ether oxygens (including phenoxy) is 1. The monoisotopic (exact) mass is 453 g/mol. The summed E-state index contributed by atoms with van der Waals surface area (Å²) in [5.41, 5.74) is 5.89. The molecule has 32 heavy (non-hydrogen) atoms. The Morgan fingerprint density at radius 3 is 2.59 bits per heavy atom. The van der Waals surface area contributed by atoms with Crippen molar-refractivity contribution in [3.05, 3.63) is 41.8 Å². The summed E-state index contributed by atoms with van der Waals surface area (Å²) >= 11 is 0. The molecule has 2 heterocycles. The van der Waals surface area contributed by atoms with Gasteiger partial charge in [-0.15, -0.1) is 12.3 Å². The lowest BCUT2D eigenvalue weighted by Gasteiger charge is -2.35. The molecule has 0 spiro atoms. The van der Waals surface area contributed by atoms with Crippen molar-refractivity contribution >= 4 is 23.5 Å². The number of primary amides is 1. The third kappa shape index (κ3) is 5.48. The SMILES string of the molecule is C#C[C@@H]1CCN(C(=O)OCC(F)(F)F)C[C@H]1n1cc(C(N)=O)c(Nc2ccc(F)cc2)n1. The Morgan fingerprint density at radius 1 is 1.31 bits per heavy atom.